The largest absolute Gasteiger partial charge is 0.481 e. The number of methoxy groups -OCH3 is 1. The highest BCUT2D eigenvalue weighted by molar-refractivity contribution is 5.91. The average Bonchev–Trinajstić information content (AvgIpc) is 2.81. The van der Waals surface area contributed by atoms with Gasteiger partial charge in [0.2, 0.25) is 5.91 Å². The van der Waals surface area contributed by atoms with E-state index in [0.29, 0.717) is 6.61 Å². The van der Waals surface area contributed by atoms with Gasteiger partial charge in [0.05, 0.1) is 24.5 Å². The van der Waals surface area contributed by atoms with Crippen LogP contribution in [0.2, 0.25) is 0 Å². The molecule has 1 saturated carbocycles. The van der Waals surface area contributed by atoms with Crippen molar-refractivity contribution >= 4 is 11.9 Å². The third-order valence-electron chi connectivity index (χ3n) is 3.58. The molecule has 0 aliphatic heterocycles. The van der Waals surface area contributed by atoms with E-state index in [9.17, 15) is 9.59 Å². The fourth-order valence-electron chi connectivity index (χ4n) is 2.34. The van der Waals surface area contributed by atoms with E-state index in [2.05, 4.69) is 5.32 Å². The molecule has 98 valence electrons. The first-order valence-electron chi connectivity index (χ1n) is 5.88. The van der Waals surface area contributed by atoms with Crippen LogP contribution in [0.4, 0.5) is 0 Å². The third-order valence-corrected chi connectivity index (χ3v) is 3.58. The van der Waals surface area contributed by atoms with Crippen molar-refractivity contribution in [2.24, 2.45) is 17.3 Å². The predicted octanol–water partition coefficient (Wildman–Crippen LogP) is 0.884. The van der Waals surface area contributed by atoms with Crippen LogP contribution < -0.4 is 5.32 Å². The number of rotatable bonds is 6. The first-order valence-corrected chi connectivity index (χ1v) is 5.88. The Morgan fingerprint density at radius 3 is 2.35 bits per heavy atom. The number of carbonyl (C=O) groups is 2. The maximum absolute atomic E-state index is 11.9. The zero-order valence-corrected chi connectivity index (χ0v) is 10.8. The fourth-order valence-corrected chi connectivity index (χ4v) is 2.34. The van der Waals surface area contributed by atoms with Crippen molar-refractivity contribution in [3.05, 3.63) is 0 Å². The molecule has 0 bridgehead atoms. The molecule has 1 aliphatic carbocycles. The number of carboxylic acid groups (broad SMARTS) is 1. The molecule has 0 spiro atoms. The Hall–Kier alpha value is -1.10. The first-order chi connectivity index (χ1) is 7.86. The van der Waals surface area contributed by atoms with Crippen LogP contribution in [0.5, 0.6) is 0 Å². The van der Waals surface area contributed by atoms with Crippen LogP contribution in [0.1, 0.15) is 27.2 Å². The number of amides is 1. The number of carboxylic acids is 1. The summed E-state index contributed by atoms with van der Waals surface area (Å²) in [4.78, 5) is 22.9. The second-order valence-corrected chi connectivity index (χ2v) is 5.18. The summed E-state index contributed by atoms with van der Waals surface area (Å²) in [6, 6.07) is -0.0432. The average molecular weight is 243 g/mol. The molecule has 1 amide bonds. The van der Waals surface area contributed by atoms with Gasteiger partial charge in [0.15, 0.2) is 0 Å². The lowest BCUT2D eigenvalue weighted by Crippen LogP contribution is -2.39. The Labute approximate surface area is 102 Å². The lowest BCUT2D eigenvalue weighted by atomic mass is 10.1. The standard InChI is InChI=1S/C12H21NO4/c1-5-7(6-17-4)13-10(14)8-9(11(15)16)12(8,2)3/h7-9H,5-6H2,1-4H3,(H,13,14)(H,15,16). The van der Waals surface area contributed by atoms with Crippen molar-refractivity contribution in [2.45, 2.75) is 33.2 Å². The molecule has 0 radical (unpaired) electrons. The minimum Gasteiger partial charge on any atom is -0.481 e. The monoisotopic (exact) mass is 243 g/mol. The second kappa shape index (κ2) is 5.04. The predicted molar refractivity (Wildman–Crippen MR) is 62.5 cm³/mol. The summed E-state index contributed by atoms with van der Waals surface area (Å²) in [6.45, 7) is 6.03. The van der Waals surface area contributed by atoms with Gasteiger partial charge in [0, 0.05) is 7.11 Å². The Morgan fingerprint density at radius 2 is 2.00 bits per heavy atom. The topological polar surface area (TPSA) is 75.6 Å². The minimum atomic E-state index is -0.894. The van der Waals surface area contributed by atoms with Gasteiger partial charge in [0.25, 0.3) is 0 Å². The van der Waals surface area contributed by atoms with Gasteiger partial charge in [-0.25, -0.2) is 0 Å². The van der Waals surface area contributed by atoms with Crippen LogP contribution in [0.15, 0.2) is 0 Å². The summed E-state index contributed by atoms with van der Waals surface area (Å²) in [7, 11) is 1.58. The van der Waals surface area contributed by atoms with E-state index in [-0.39, 0.29) is 11.9 Å². The van der Waals surface area contributed by atoms with Crippen LogP contribution in [-0.4, -0.2) is 36.7 Å². The Kier molecular flexibility index (Phi) is 4.14. The van der Waals surface area contributed by atoms with Crippen molar-refractivity contribution in [1.82, 2.24) is 5.32 Å². The van der Waals surface area contributed by atoms with Gasteiger partial charge in [0.1, 0.15) is 0 Å². The highest BCUT2D eigenvalue weighted by atomic mass is 16.5. The van der Waals surface area contributed by atoms with Crippen LogP contribution in [0, 0.1) is 17.3 Å². The fraction of sp³-hybridized carbons (Fsp3) is 0.833. The van der Waals surface area contributed by atoms with Gasteiger partial charge in [-0.3, -0.25) is 9.59 Å². The van der Waals surface area contributed by atoms with Crippen molar-refractivity contribution in [1.29, 1.82) is 0 Å². The molecule has 0 saturated heterocycles. The van der Waals surface area contributed by atoms with E-state index in [1.54, 1.807) is 7.11 Å². The first kappa shape index (κ1) is 14.0. The highest BCUT2D eigenvalue weighted by Crippen LogP contribution is 2.58. The SMILES string of the molecule is CCC(COC)NC(=O)C1C(C(=O)O)C1(C)C. The van der Waals surface area contributed by atoms with E-state index in [1.165, 1.54) is 0 Å². The molecular formula is C12H21NO4. The third kappa shape index (κ3) is 2.77. The lowest BCUT2D eigenvalue weighted by Gasteiger charge is -2.16. The van der Waals surface area contributed by atoms with Crippen LogP contribution in [0.3, 0.4) is 0 Å². The van der Waals surface area contributed by atoms with Crippen molar-refractivity contribution in [2.75, 3.05) is 13.7 Å². The number of hydrogen-bond donors (Lipinski definition) is 2. The van der Waals surface area contributed by atoms with Crippen LogP contribution in [-0.2, 0) is 14.3 Å². The molecule has 17 heavy (non-hydrogen) atoms. The number of aliphatic carboxylic acids is 1. The summed E-state index contributed by atoms with van der Waals surface area (Å²) in [5.74, 6) is -2.06. The quantitative estimate of drug-likeness (QED) is 0.726. The molecule has 5 heteroatoms. The Morgan fingerprint density at radius 1 is 1.41 bits per heavy atom. The maximum atomic E-state index is 11.9. The van der Waals surface area contributed by atoms with E-state index >= 15 is 0 Å². The molecule has 1 aliphatic rings. The molecule has 3 unspecified atom stereocenters. The van der Waals surface area contributed by atoms with E-state index in [4.69, 9.17) is 9.84 Å². The second-order valence-electron chi connectivity index (χ2n) is 5.18. The molecule has 1 rings (SSSR count). The minimum absolute atomic E-state index is 0.0432. The molecule has 0 aromatic rings. The van der Waals surface area contributed by atoms with Crippen LogP contribution in [0.25, 0.3) is 0 Å². The summed E-state index contributed by atoms with van der Waals surface area (Å²) in [5, 5.41) is 11.8. The maximum Gasteiger partial charge on any atom is 0.307 e. The summed E-state index contributed by atoms with van der Waals surface area (Å²) >= 11 is 0. The zero-order valence-electron chi connectivity index (χ0n) is 10.8. The summed E-state index contributed by atoms with van der Waals surface area (Å²) in [5.41, 5.74) is -0.443. The number of nitrogens with one attached hydrogen (secondary N) is 1. The van der Waals surface area contributed by atoms with Gasteiger partial charge in [-0.05, 0) is 11.8 Å². The number of carbonyl (C=O) groups excluding carboxylic acids is 1. The number of hydrogen-bond acceptors (Lipinski definition) is 3. The molecule has 0 aromatic heterocycles. The molecule has 2 N–H and O–H groups in total. The van der Waals surface area contributed by atoms with Gasteiger partial charge in [-0.1, -0.05) is 20.8 Å². The molecule has 0 aromatic carbocycles. The number of ether oxygens (including phenoxy) is 1. The molecule has 0 heterocycles. The lowest BCUT2D eigenvalue weighted by molar-refractivity contribution is -0.140. The van der Waals surface area contributed by atoms with E-state index in [1.807, 2.05) is 20.8 Å². The van der Waals surface area contributed by atoms with Crippen molar-refractivity contribution in [3.8, 4) is 0 Å². The van der Waals surface area contributed by atoms with Crippen molar-refractivity contribution < 1.29 is 19.4 Å². The molecule has 5 nitrogen and oxygen atoms in total. The highest BCUT2D eigenvalue weighted by Gasteiger charge is 2.65. The molecule has 3 atom stereocenters. The zero-order chi connectivity index (χ0) is 13.2. The van der Waals surface area contributed by atoms with E-state index in [0.717, 1.165) is 6.42 Å². The van der Waals surface area contributed by atoms with Gasteiger partial charge in [-0.15, -0.1) is 0 Å². The normalized spacial score (nSPS) is 27.3. The molecular weight excluding hydrogens is 222 g/mol. The van der Waals surface area contributed by atoms with E-state index < -0.39 is 23.2 Å². The van der Waals surface area contributed by atoms with Gasteiger partial charge >= 0.3 is 5.97 Å². The van der Waals surface area contributed by atoms with Gasteiger partial charge in [-0.2, -0.15) is 0 Å². The van der Waals surface area contributed by atoms with Crippen molar-refractivity contribution in [3.63, 3.8) is 0 Å². The Bertz CT molecular complexity index is 314. The smallest absolute Gasteiger partial charge is 0.307 e. The Balaban J connectivity index is 2.58. The molecule has 1 fully saturated rings. The summed E-state index contributed by atoms with van der Waals surface area (Å²) in [6.07, 6.45) is 0.768. The summed E-state index contributed by atoms with van der Waals surface area (Å²) < 4.78 is 4.99. The van der Waals surface area contributed by atoms with Gasteiger partial charge < -0.3 is 15.2 Å². The van der Waals surface area contributed by atoms with Crippen LogP contribution >= 0.6 is 0 Å².